The quantitative estimate of drug-likeness (QED) is 0.315. The van der Waals surface area contributed by atoms with Crippen LogP contribution in [0.4, 0.5) is 26.7 Å². The molecule has 0 aliphatic carbocycles. The van der Waals surface area contributed by atoms with Gasteiger partial charge in [0, 0.05) is 49.5 Å². The Morgan fingerprint density at radius 1 is 1.15 bits per heavy atom. The van der Waals surface area contributed by atoms with Gasteiger partial charge in [-0.05, 0) is 32.0 Å². The maximum Gasteiger partial charge on any atom is 0.408 e. The lowest BCUT2D eigenvalue weighted by atomic mass is 9.74. The SMILES string of the molecule is CC(C)(NC(=O)O)C(=O)NC(COCc1ccc(F)cc1F)C(=O)N1CCC2=NN(CC(F)(F)F)C(=O)C2(Cc2ccccn2)C1. The normalized spacial score (nSPS) is 18.9. The van der Waals surface area contributed by atoms with E-state index in [0.717, 1.165) is 12.1 Å². The second-order valence-corrected chi connectivity index (χ2v) is 11.4. The van der Waals surface area contributed by atoms with Gasteiger partial charge in [0.25, 0.3) is 5.91 Å². The van der Waals surface area contributed by atoms with Crippen molar-refractivity contribution < 1.29 is 51.0 Å². The number of ether oxygens (including phenoxy) is 1. The number of benzene rings is 1. The second kappa shape index (κ2) is 13.4. The van der Waals surface area contributed by atoms with Crippen LogP contribution in [0.25, 0.3) is 0 Å². The average Bonchev–Trinajstić information content (AvgIpc) is 3.21. The topological polar surface area (TPSA) is 154 Å². The lowest BCUT2D eigenvalue weighted by molar-refractivity contribution is -0.164. The van der Waals surface area contributed by atoms with Crippen molar-refractivity contribution in [2.45, 2.75) is 51.1 Å². The summed E-state index contributed by atoms with van der Waals surface area (Å²) >= 11 is 0. The highest BCUT2D eigenvalue weighted by molar-refractivity contribution is 6.14. The maximum atomic E-state index is 14.2. The number of carbonyl (C=O) groups is 4. The number of carboxylic acid groups (broad SMARTS) is 1. The number of likely N-dealkylation sites (tertiary alicyclic amines) is 1. The molecule has 1 aromatic heterocycles. The molecule has 4 amide bonds. The van der Waals surface area contributed by atoms with Gasteiger partial charge in [-0.15, -0.1) is 0 Å². The van der Waals surface area contributed by atoms with Gasteiger partial charge in [-0.25, -0.2) is 18.6 Å². The zero-order valence-corrected chi connectivity index (χ0v) is 24.7. The van der Waals surface area contributed by atoms with Crippen LogP contribution < -0.4 is 10.6 Å². The molecule has 2 unspecified atom stereocenters. The number of nitrogens with one attached hydrogen (secondary N) is 2. The molecule has 1 fully saturated rings. The molecule has 2 aromatic rings. The first-order valence-electron chi connectivity index (χ1n) is 14.0. The lowest BCUT2D eigenvalue weighted by Gasteiger charge is -2.40. The van der Waals surface area contributed by atoms with E-state index in [9.17, 15) is 41.1 Å². The third-order valence-electron chi connectivity index (χ3n) is 7.51. The van der Waals surface area contributed by atoms with Gasteiger partial charge >= 0.3 is 12.3 Å². The number of amides is 4. The first kappa shape index (κ1) is 34.2. The van der Waals surface area contributed by atoms with Gasteiger partial charge in [0.1, 0.15) is 35.2 Å². The number of nitrogens with zero attached hydrogens (tertiary/aromatic N) is 4. The van der Waals surface area contributed by atoms with Crippen LogP contribution in [0, 0.1) is 17.0 Å². The fourth-order valence-corrected chi connectivity index (χ4v) is 5.25. The largest absolute Gasteiger partial charge is 0.465 e. The number of alkyl halides is 3. The smallest absolute Gasteiger partial charge is 0.408 e. The van der Waals surface area contributed by atoms with Crippen molar-refractivity contribution in [1.82, 2.24) is 25.5 Å². The van der Waals surface area contributed by atoms with Gasteiger partial charge in [0.2, 0.25) is 11.8 Å². The predicted octanol–water partition coefficient (Wildman–Crippen LogP) is 2.63. The van der Waals surface area contributed by atoms with Gasteiger partial charge in [0.15, 0.2) is 0 Å². The molecule has 248 valence electrons. The Labute approximate surface area is 259 Å². The molecular formula is C29H31F5N6O6. The van der Waals surface area contributed by atoms with E-state index >= 15 is 0 Å². The predicted molar refractivity (Wildman–Crippen MR) is 150 cm³/mol. The molecule has 3 N–H and O–H groups in total. The number of halogens is 5. The number of hydrogen-bond acceptors (Lipinski definition) is 7. The van der Waals surface area contributed by atoms with Crippen molar-refractivity contribution in [3.8, 4) is 0 Å². The summed E-state index contributed by atoms with van der Waals surface area (Å²) in [5, 5.41) is 17.9. The fraction of sp³-hybridized carbons (Fsp3) is 0.448. The molecule has 4 rings (SSSR count). The zero-order valence-electron chi connectivity index (χ0n) is 24.7. The van der Waals surface area contributed by atoms with E-state index in [2.05, 4.69) is 15.4 Å². The minimum Gasteiger partial charge on any atom is -0.465 e. The van der Waals surface area contributed by atoms with E-state index in [-0.39, 0.29) is 30.7 Å². The number of hydrazone groups is 1. The minimum absolute atomic E-state index is 0.0544. The van der Waals surface area contributed by atoms with E-state index in [4.69, 9.17) is 9.84 Å². The summed E-state index contributed by atoms with van der Waals surface area (Å²) < 4.78 is 73.0. The van der Waals surface area contributed by atoms with Crippen LogP contribution in [0.5, 0.6) is 0 Å². The van der Waals surface area contributed by atoms with Crippen molar-refractivity contribution in [2.24, 2.45) is 10.5 Å². The van der Waals surface area contributed by atoms with Gasteiger partial charge < -0.3 is 25.4 Å². The Morgan fingerprint density at radius 3 is 2.52 bits per heavy atom. The van der Waals surface area contributed by atoms with Crippen LogP contribution in [0.3, 0.4) is 0 Å². The molecular weight excluding hydrogens is 623 g/mol. The summed E-state index contributed by atoms with van der Waals surface area (Å²) in [4.78, 5) is 57.2. The molecule has 0 radical (unpaired) electrons. The third-order valence-corrected chi connectivity index (χ3v) is 7.51. The molecule has 12 nitrogen and oxygen atoms in total. The Hall–Kier alpha value is -4.67. The Balaban J connectivity index is 1.61. The highest BCUT2D eigenvalue weighted by Gasteiger charge is 2.56. The monoisotopic (exact) mass is 654 g/mol. The van der Waals surface area contributed by atoms with E-state index in [1.54, 1.807) is 18.2 Å². The lowest BCUT2D eigenvalue weighted by Crippen LogP contribution is -2.62. The second-order valence-electron chi connectivity index (χ2n) is 11.4. The fourth-order valence-electron chi connectivity index (χ4n) is 5.25. The van der Waals surface area contributed by atoms with Gasteiger partial charge in [-0.2, -0.15) is 18.3 Å². The van der Waals surface area contributed by atoms with Crippen LogP contribution in [0.1, 0.15) is 31.5 Å². The van der Waals surface area contributed by atoms with Crippen molar-refractivity contribution in [1.29, 1.82) is 0 Å². The molecule has 17 heteroatoms. The number of hydrogen-bond donors (Lipinski definition) is 3. The highest BCUT2D eigenvalue weighted by Crippen LogP contribution is 2.39. The minimum atomic E-state index is -4.75. The van der Waals surface area contributed by atoms with Gasteiger partial charge in [-0.3, -0.25) is 19.4 Å². The summed E-state index contributed by atoms with van der Waals surface area (Å²) in [6.07, 6.45) is -5.07. The standard InChI is InChI=1S/C29H31F5N6O6/c1-27(2,37-26(44)45)24(42)36-21(14-46-13-17-6-7-18(30)11-20(17)31)23(41)39-10-8-22-28(15-39,12-19-5-3-4-9-35-19)25(43)40(38-22)16-29(32,33)34/h3-7,9,11,21,37H,8,10,12-16H2,1-2H3,(H,36,42)(H,44,45). The first-order valence-corrected chi connectivity index (χ1v) is 14.0. The maximum absolute atomic E-state index is 14.2. The summed E-state index contributed by atoms with van der Waals surface area (Å²) in [5.41, 5.74) is -2.96. The molecule has 46 heavy (non-hydrogen) atoms. The van der Waals surface area contributed by atoms with Crippen LogP contribution in [0.15, 0.2) is 47.7 Å². The van der Waals surface area contributed by atoms with Crippen molar-refractivity contribution in [3.63, 3.8) is 0 Å². The summed E-state index contributed by atoms with van der Waals surface area (Å²) in [6, 6.07) is 6.08. The van der Waals surface area contributed by atoms with E-state index in [1.807, 2.05) is 5.32 Å². The molecule has 2 atom stereocenters. The summed E-state index contributed by atoms with van der Waals surface area (Å²) in [6.45, 7) is -0.660. The van der Waals surface area contributed by atoms with Crippen molar-refractivity contribution in [2.75, 3.05) is 26.2 Å². The van der Waals surface area contributed by atoms with Crippen molar-refractivity contribution >= 4 is 29.5 Å². The number of piperidine rings is 1. The molecule has 2 aliphatic rings. The van der Waals surface area contributed by atoms with Crippen LogP contribution >= 0.6 is 0 Å². The Kier molecular flexibility index (Phi) is 9.94. The van der Waals surface area contributed by atoms with Crippen molar-refractivity contribution in [3.05, 3.63) is 65.5 Å². The molecule has 0 spiro atoms. The number of fused-ring (bicyclic) bond motifs is 1. The average molecular weight is 655 g/mol. The van der Waals surface area contributed by atoms with Crippen LogP contribution in [-0.2, 0) is 32.1 Å². The molecule has 1 saturated heterocycles. The Morgan fingerprint density at radius 2 is 1.89 bits per heavy atom. The molecule has 2 aliphatic heterocycles. The van der Waals surface area contributed by atoms with E-state index < -0.39 is 84.9 Å². The number of aromatic nitrogens is 1. The summed E-state index contributed by atoms with van der Waals surface area (Å²) in [7, 11) is 0. The molecule has 0 bridgehead atoms. The molecule has 3 heterocycles. The van der Waals surface area contributed by atoms with Crippen LogP contribution in [0.2, 0.25) is 0 Å². The van der Waals surface area contributed by atoms with E-state index in [1.165, 1.54) is 24.9 Å². The van der Waals surface area contributed by atoms with Crippen LogP contribution in [-0.4, -0.2) is 93.5 Å². The number of pyridine rings is 1. The zero-order chi connectivity index (χ0) is 33.9. The number of carbonyl (C=O) groups excluding carboxylic acids is 3. The third kappa shape index (κ3) is 7.94. The summed E-state index contributed by atoms with van der Waals surface area (Å²) in [5.74, 6) is -4.45. The van der Waals surface area contributed by atoms with Gasteiger partial charge in [-0.1, -0.05) is 12.1 Å². The van der Waals surface area contributed by atoms with Gasteiger partial charge in [0.05, 0.1) is 18.9 Å². The first-order chi connectivity index (χ1) is 21.5. The number of rotatable bonds is 11. The Bertz CT molecular complexity index is 1520. The molecule has 1 aromatic carbocycles. The molecule has 0 saturated carbocycles. The highest BCUT2D eigenvalue weighted by atomic mass is 19.4. The van der Waals surface area contributed by atoms with E-state index in [0.29, 0.717) is 16.8 Å².